The number of imidazole rings is 1. The normalized spacial score (nSPS) is 17.9. The smallest absolute Gasteiger partial charge is 0.153 e. The van der Waals surface area contributed by atoms with E-state index in [9.17, 15) is 8.78 Å². The zero-order valence-corrected chi connectivity index (χ0v) is 11.2. The van der Waals surface area contributed by atoms with Gasteiger partial charge in [0, 0.05) is 12.6 Å². The number of rotatable bonds is 1. The minimum atomic E-state index is -0.635. The van der Waals surface area contributed by atoms with Crippen molar-refractivity contribution in [1.29, 1.82) is 0 Å². The van der Waals surface area contributed by atoms with Crippen molar-refractivity contribution >= 4 is 11.0 Å². The van der Waals surface area contributed by atoms with E-state index in [0.717, 1.165) is 19.0 Å². The van der Waals surface area contributed by atoms with E-state index >= 15 is 0 Å². The lowest BCUT2D eigenvalue weighted by Gasteiger charge is -2.24. The van der Waals surface area contributed by atoms with Crippen LogP contribution in [0.5, 0.6) is 0 Å². The van der Waals surface area contributed by atoms with Crippen LogP contribution in [0.3, 0.4) is 0 Å². The van der Waals surface area contributed by atoms with Crippen LogP contribution >= 0.6 is 0 Å². The molecule has 21 heavy (non-hydrogen) atoms. The SMILES string of the molecule is Fc1cc(F)c2nc(C3Cc4ccccc4CN3)[nH]c2c1. The van der Waals surface area contributed by atoms with Gasteiger partial charge in [-0.25, -0.2) is 13.8 Å². The summed E-state index contributed by atoms with van der Waals surface area (Å²) in [5.74, 6) is -0.593. The molecule has 3 aromatic rings. The van der Waals surface area contributed by atoms with Crippen LogP contribution in [0, 0.1) is 11.6 Å². The van der Waals surface area contributed by atoms with E-state index in [1.807, 2.05) is 12.1 Å². The van der Waals surface area contributed by atoms with Gasteiger partial charge in [0.15, 0.2) is 5.82 Å². The molecule has 2 N–H and O–H groups in total. The van der Waals surface area contributed by atoms with Crippen molar-refractivity contribution in [3.8, 4) is 0 Å². The average Bonchev–Trinajstić information content (AvgIpc) is 2.91. The van der Waals surface area contributed by atoms with Gasteiger partial charge in [-0.05, 0) is 23.6 Å². The third-order valence-electron chi connectivity index (χ3n) is 3.93. The number of fused-ring (bicyclic) bond motifs is 2. The fourth-order valence-corrected chi connectivity index (χ4v) is 2.87. The Morgan fingerprint density at radius 3 is 2.76 bits per heavy atom. The fourth-order valence-electron chi connectivity index (χ4n) is 2.87. The molecule has 1 unspecified atom stereocenters. The van der Waals surface area contributed by atoms with Crippen molar-refractivity contribution in [2.75, 3.05) is 0 Å². The summed E-state index contributed by atoms with van der Waals surface area (Å²) in [5, 5.41) is 3.38. The first-order valence-electron chi connectivity index (χ1n) is 6.85. The minimum absolute atomic E-state index is 0.0187. The Labute approximate surface area is 120 Å². The third-order valence-corrected chi connectivity index (χ3v) is 3.93. The maximum absolute atomic E-state index is 13.7. The molecular formula is C16H13F2N3. The summed E-state index contributed by atoms with van der Waals surface area (Å²) in [6, 6.07) is 10.3. The molecule has 0 saturated carbocycles. The molecule has 1 aromatic heterocycles. The number of hydrogen-bond acceptors (Lipinski definition) is 2. The van der Waals surface area contributed by atoms with Gasteiger partial charge in [-0.3, -0.25) is 0 Å². The van der Waals surface area contributed by atoms with Crippen LogP contribution in [-0.4, -0.2) is 9.97 Å². The average molecular weight is 285 g/mol. The molecule has 0 spiro atoms. The summed E-state index contributed by atoms with van der Waals surface area (Å²) in [6.45, 7) is 0.745. The highest BCUT2D eigenvalue weighted by Gasteiger charge is 2.22. The Balaban J connectivity index is 1.73. The molecule has 5 heteroatoms. The van der Waals surface area contributed by atoms with Crippen molar-refractivity contribution in [2.45, 2.75) is 19.0 Å². The van der Waals surface area contributed by atoms with E-state index in [1.54, 1.807) is 0 Å². The third kappa shape index (κ3) is 2.10. The number of aromatic nitrogens is 2. The number of hydrogen-bond donors (Lipinski definition) is 2. The Kier molecular flexibility index (Phi) is 2.75. The zero-order valence-electron chi connectivity index (χ0n) is 11.2. The molecule has 0 saturated heterocycles. The number of benzene rings is 2. The summed E-state index contributed by atoms with van der Waals surface area (Å²) < 4.78 is 27.0. The molecule has 0 radical (unpaired) electrons. The lowest BCUT2D eigenvalue weighted by atomic mass is 9.96. The quantitative estimate of drug-likeness (QED) is 0.720. The van der Waals surface area contributed by atoms with Gasteiger partial charge < -0.3 is 10.3 Å². The van der Waals surface area contributed by atoms with Gasteiger partial charge in [0.05, 0.1) is 11.6 Å². The molecule has 0 aliphatic carbocycles. The summed E-state index contributed by atoms with van der Waals surface area (Å²) in [4.78, 5) is 7.31. The topological polar surface area (TPSA) is 40.7 Å². The van der Waals surface area contributed by atoms with Crippen LogP contribution < -0.4 is 5.32 Å². The number of nitrogens with one attached hydrogen (secondary N) is 2. The molecule has 3 nitrogen and oxygen atoms in total. The van der Waals surface area contributed by atoms with Crippen molar-refractivity contribution in [1.82, 2.24) is 15.3 Å². The molecule has 1 atom stereocenters. The molecule has 1 aliphatic rings. The van der Waals surface area contributed by atoms with Crippen molar-refractivity contribution < 1.29 is 8.78 Å². The van der Waals surface area contributed by atoms with Crippen molar-refractivity contribution in [3.63, 3.8) is 0 Å². The molecule has 2 heterocycles. The van der Waals surface area contributed by atoms with Crippen LogP contribution in [0.4, 0.5) is 8.78 Å². The summed E-state index contributed by atoms with van der Waals surface area (Å²) in [5.41, 5.74) is 3.10. The predicted octanol–water partition coefficient (Wildman–Crippen LogP) is 3.23. The van der Waals surface area contributed by atoms with Gasteiger partial charge in [0.2, 0.25) is 0 Å². The van der Waals surface area contributed by atoms with Crippen molar-refractivity contribution in [3.05, 3.63) is 65.0 Å². The van der Waals surface area contributed by atoms with E-state index < -0.39 is 11.6 Å². The molecule has 0 fully saturated rings. The molecule has 0 bridgehead atoms. The number of aromatic amines is 1. The molecule has 2 aromatic carbocycles. The fraction of sp³-hybridized carbons (Fsp3) is 0.188. The zero-order chi connectivity index (χ0) is 14.4. The van der Waals surface area contributed by atoms with E-state index in [2.05, 4.69) is 27.4 Å². The molecule has 0 amide bonds. The van der Waals surface area contributed by atoms with Crippen molar-refractivity contribution in [2.24, 2.45) is 0 Å². The predicted molar refractivity (Wildman–Crippen MR) is 75.7 cm³/mol. The molecule has 106 valence electrons. The van der Waals surface area contributed by atoms with Gasteiger partial charge >= 0.3 is 0 Å². The Bertz CT molecular complexity index is 826. The number of halogens is 2. The van der Waals surface area contributed by atoms with Gasteiger partial charge in [-0.2, -0.15) is 0 Å². The van der Waals surface area contributed by atoms with E-state index in [-0.39, 0.29) is 11.6 Å². The Morgan fingerprint density at radius 1 is 1.10 bits per heavy atom. The first kappa shape index (κ1) is 12.5. The highest BCUT2D eigenvalue weighted by Crippen LogP contribution is 2.26. The van der Waals surface area contributed by atoms with E-state index in [1.165, 1.54) is 17.2 Å². The highest BCUT2D eigenvalue weighted by molar-refractivity contribution is 5.75. The minimum Gasteiger partial charge on any atom is -0.340 e. The second-order valence-corrected chi connectivity index (χ2v) is 5.31. The molecular weight excluding hydrogens is 272 g/mol. The summed E-state index contributed by atoms with van der Waals surface area (Å²) in [7, 11) is 0. The monoisotopic (exact) mass is 285 g/mol. The van der Waals surface area contributed by atoms with Crippen LogP contribution in [0.15, 0.2) is 36.4 Å². The van der Waals surface area contributed by atoms with E-state index in [0.29, 0.717) is 11.3 Å². The Hall–Kier alpha value is -2.27. The lowest BCUT2D eigenvalue weighted by molar-refractivity contribution is 0.480. The van der Waals surface area contributed by atoms with Crippen LogP contribution in [0.25, 0.3) is 11.0 Å². The van der Waals surface area contributed by atoms with E-state index in [4.69, 9.17) is 0 Å². The second-order valence-electron chi connectivity index (χ2n) is 5.31. The maximum Gasteiger partial charge on any atom is 0.153 e. The summed E-state index contributed by atoms with van der Waals surface area (Å²) >= 11 is 0. The molecule has 4 rings (SSSR count). The largest absolute Gasteiger partial charge is 0.340 e. The Morgan fingerprint density at radius 2 is 1.90 bits per heavy atom. The molecule has 1 aliphatic heterocycles. The maximum atomic E-state index is 13.7. The first-order valence-corrected chi connectivity index (χ1v) is 6.85. The second kappa shape index (κ2) is 4.63. The first-order chi connectivity index (χ1) is 10.2. The van der Waals surface area contributed by atoms with Crippen LogP contribution in [0.2, 0.25) is 0 Å². The van der Waals surface area contributed by atoms with Crippen LogP contribution in [0.1, 0.15) is 23.0 Å². The van der Waals surface area contributed by atoms with Gasteiger partial charge in [-0.15, -0.1) is 0 Å². The highest BCUT2D eigenvalue weighted by atomic mass is 19.1. The van der Waals surface area contributed by atoms with Gasteiger partial charge in [0.25, 0.3) is 0 Å². The summed E-state index contributed by atoms with van der Waals surface area (Å²) in [6.07, 6.45) is 0.778. The standard InChI is InChI=1S/C16H13F2N3/c17-11-6-12(18)15-13(7-11)20-16(21-15)14-5-9-3-1-2-4-10(9)8-19-14/h1-4,6-7,14,19H,5,8H2,(H,20,21). The lowest BCUT2D eigenvalue weighted by Crippen LogP contribution is -2.29. The van der Waals surface area contributed by atoms with Gasteiger partial charge in [-0.1, -0.05) is 24.3 Å². The number of nitrogens with zero attached hydrogens (tertiary/aromatic N) is 1. The number of H-pyrrole nitrogens is 1. The van der Waals surface area contributed by atoms with Gasteiger partial charge in [0.1, 0.15) is 17.2 Å². The van der Waals surface area contributed by atoms with Crippen LogP contribution in [-0.2, 0) is 13.0 Å².